The van der Waals surface area contributed by atoms with Crippen molar-refractivity contribution in [1.82, 2.24) is 59.6 Å². The summed E-state index contributed by atoms with van der Waals surface area (Å²) in [4.78, 5) is 138. The number of aromatic hydroxyl groups is 2. The number of phenols is 2. The zero-order valence-electron chi connectivity index (χ0n) is 73.6. The van der Waals surface area contributed by atoms with E-state index >= 15 is 0 Å². The van der Waals surface area contributed by atoms with Gasteiger partial charge in [-0.2, -0.15) is 0 Å². The lowest BCUT2D eigenvalue weighted by Gasteiger charge is -2.17. The van der Waals surface area contributed by atoms with Crippen molar-refractivity contribution in [2.45, 2.75) is 156 Å². The lowest BCUT2D eigenvalue weighted by atomic mass is 10.1. The molecule has 0 saturated heterocycles. The maximum atomic E-state index is 11.8. The summed E-state index contributed by atoms with van der Waals surface area (Å²) in [5.41, 5.74) is 29.1. The summed E-state index contributed by atoms with van der Waals surface area (Å²) < 4.78 is 90.2. The van der Waals surface area contributed by atoms with Crippen molar-refractivity contribution in [2.75, 3.05) is 89.8 Å². The number of anilines is 3. The summed E-state index contributed by atoms with van der Waals surface area (Å²) in [6.07, 6.45) is 14.1. The second-order valence-corrected chi connectivity index (χ2v) is 38.1. The molecule has 12 aromatic rings. The summed E-state index contributed by atoms with van der Waals surface area (Å²) >= 11 is 6.08. The Morgan fingerprint density at radius 3 is 1.01 bits per heavy atom. The number of rotatable bonds is 50. The Balaban J connectivity index is 0.000000207. The van der Waals surface area contributed by atoms with Crippen molar-refractivity contribution in [3.05, 3.63) is 160 Å². The van der Waals surface area contributed by atoms with Gasteiger partial charge in [0.2, 0.25) is 17.7 Å². The predicted octanol–water partition coefficient (Wildman–Crippen LogP) is 13.6. The van der Waals surface area contributed by atoms with E-state index in [1.165, 1.54) is 48.5 Å². The second kappa shape index (κ2) is 50.9. The van der Waals surface area contributed by atoms with Crippen LogP contribution in [-0.2, 0) is 105 Å². The molecule has 39 nitrogen and oxygen atoms in total. The number of phosphoric acid groups is 4. The molecule has 0 aliphatic carbocycles. The third kappa shape index (κ3) is 32.5. The number of aromatic nitrogens is 9. The van der Waals surface area contributed by atoms with E-state index in [0.29, 0.717) is 160 Å². The third-order valence-electron chi connectivity index (χ3n) is 20.8. The van der Waals surface area contributed by atoms with Crippen molar-refractivity contribution < 1.29 is 114 Å². The normalized spacial score (nSPS) is 11.9. The van der Waals surface area contributed by atoms with Crippen LogP contribution in [0.25, 0.3) is 65.8 Å². The summed E-state index contributed by atoms with van der Waals surface area (Å²) in [6.45, 7) is 11.7. The second-order valence-electron chi connectivity index (χ2n) is 31.1. The van der Waals surface area contributed by atoms with Crippen LogP contribution in [0.15, 0.2) is 109 Å². The molecule has 6 aromatic heterocycles. The monoisotopic (exact) mass is 2260 g/mol. The molecule has 0 saturated carbocycles. The molecule has 0 radical (unpaired) electrons. The number of hydrogen-bond donors (Lipinski definition) is 16. The number of carbonyl (C=O) groups excluding carboxylic acids is 3. The van der Waals surface area contributed by atoms with E-state index in [1.807, 2.05) is 131 Å². The molecule has 0 atom stereocenters. The number of fused-ring (bicyclic) bond motifs is 9. The van der Waals surface area contributed by atoms with Gasteiger partial charge in [-0.3, -0.25) is 53.5 Å². The van der Waals surface area contributed by atoms with E-state index < -0.39 is 31.3 Å². The Bertz CT molecular complexity index is 6230. The smallest absolute Gasteiger partial charge is 0.508 e. The minimum Gasteiger partial charge on any atom is -0.508 e. The highest BCUT2D eigenvalue weighted by Crippen LogP contribution is 2.46. The van der Waals surface area contributed by atoms with Crippen LogP contribution in [0.4, 0.5) is 17.5 Å². The molecule has 3 amide bonds. The van der Waals surface area contributed by atoms with Crippen molar-refractivity contribution in [2.24, 2.45) is 0 Å². The van der Waals surface area contributed by atoms with Crippen LogP contribution in [0.5, 0.6) is 34.5 Å². The highest BCUT2D eigenvalue weighted by Gasteiger charge is 2.29. The first-order valence-corrected chi connectivity index (χ1v) is 53.9. The molecule has 0 fully saturated rings. The lowest BCUT2D eigenvalue weighted by molar-refractivity contribution is -0.119. The number of pyridine rings is 3. The maximum absolute atomic E-state index is 11.8. The molecule has 0 bridgehead atoms. The van der Waals surface area contributed by atoms with Gasteiger partial charge in [0.25, 0.3) is 0 Å². The molecule has 0 unspecified atom stereocenters. The van der Waals surface area contributed by atoms with Gasteiger partial charge in [-0.05, 0) is 185 Å². The fraction of sp³-hybridized carbons (Fsp3) is 0.414. The van der Waals surface area contributed by atoms with Crippen molar-refractivity contribution >= 4 is 200 Å². The van der Waals surface area contributed by atoms with Crippen molar-refractivity contribution in [1.29, 1.82) is 0 Å². The Morgan fingerprint density at radius 1 is 0.368 bits per heavy atom. The fourth-order valence-electron chi connectivity index (χ4n) is 14.7. The van der Waals surface area contributed by atoms with Crippen molar-refractivity contribution in [3.63, 3.8) is 0 Å². The number of benzene rings is 6. The number of ether oxygens (including phenoxy) is 3. The minimum absolute atomic E-state index is 0.00318. The number of nitrogen functional groups attached to an aromatic ring is 3. The molecule has 46 heteroatoms. The molecule has 12 rings (SSSR count). The quantitative estimate of drug-likeness (QED) is 0.00728. The van der Waals surface area contributed by atoms with Gasteiger partial charge in [0, 0.05) is 111 Å². The van der Waals surface area contributed by atoms with Gasteiger partial charge in [-0.25, -0.2) is 48.2 Å². The van der Waals surface area contributed by atoms with Gasteiger partial charge in [-0.1, -0.05) is 126 Å². The van der Waals surface area contributed by atoms with E-state index in [4.69, 9.17) is 64.5 Å². The Kier molecular flexibility index (Phi) is 40.7. The molecular weight excluding hydrogens is 2140 g/mol. The van der Waals surface area contributed by atoms with Gasteiger partial charge in [0.05, 0.1) is 66.0 Å². The summed E-state index contributed by atoms with van der Waals surface area (Å²) in [5, 5.41) is 31.8. The number of amides is 3. The number of nitrogens with two attached hydrogens (primary N) is 3. The Morgan fingerprint density at radius 2 is 0.677 bits per heavy atom. The number of nitrogens with one attached hydrogen (secondary N) is 3. The zero-order valence-corrected chi connectivity index (χ0v) is 83.6. The number of phosphoric ester groups is 4. The van der Waals surface area contributed by atoms with Gasteiger partial charge >= 0.3 is 31.3 Å². The number of phenolic OH excluding ortho intramolecular Hbond substituents is 2. The number of aryl methyl sites for hydroxylation is 6. The molecule has 6 aromatic carbocycles. The van der Waals surface area contributed by atoms with E-state index in [1.54, 1.807) is 0 Å². The average Bonchev–Trinajstić information content (AvgIpc) is 1.62. The van der Waals surface area contributed by atoms with Crippen LogP contribution in [-0.4, -0.2) is 183 Å². The third-order valence-corrected chi connectivity index (χ3v) is 24.6. The SMILES string of the molecule is CCCCc1nc2c(N)nc3ccc(CCCOCCCNC(=O)CI)cc3c2n1Cc1cc(O)ccc1OP(=O)(O)O.CCCCc1nc2c(N)nc3ccc(CCCOCCCNC(=O)CI)cc3c2n1Cc1cc(OP(=O)(O)O)ccc1O.CCCCc1nc2c(N)nc3ccc(CCCOCCCNC(=O)CI)cc3c2n1Cc1cc(OP(=O)(O)O)ccc1OP(=O)(O)O. The first-order valence-electron chi connectivity index (χ1n) is 43.2. The number of halogens is 3. The van der Waals surface area contributed by atoms with E-state index in [9.17, 15) is 82.0 Å². The standard InChI is InChI=1S/C29H38IN5O10P2.2C29H37IN5O7P/c1-2-3-7-25-34-27-28(35(25)18-20-16-21(44-46(37,38)39)9-11-24(20)45-47(40,41)42)22-15-19(8-10-23(22)33-29(27)31)6-4-13-43-14-5-12-32-26(36)17-30;1-2-3-7-25-34-27-28(35(25)18-20-16-21(9-11-24(20)36)42-43(38,39)40)22-15-19(8-10-23(22)33-29(27)31)6-4-13-41-14-5-12-32-26(37)17-30;1-2-3-7-25-34-27-28(35(25)18-20-16-21(36)9-11-24(20)42-43(38,39)40)22-15-19(8-10-23(22)33-29(27)31)6-4-13-41-14-5-12-32-26(37)17-30/h8-11,15-16H,2-7,12-14,17-18H2,1H3,(H2,31,33)(H,32,36)(H2,37,38,39)(H2,40,41,42);2*8-11,15-16,36H,2-7,12-14,17-18H2,1H3,(H2,31,33)(H,32,37)(H2,38,39,40). The summed E-state index contributed by atoms with van der Waals surface area (Å²) in [6, 6.07) is 29.6. The van der Waals surface area contributed by atoms with Crippen LogP contribution in [0.1, 0.15) is 149 Å². The fourth-order valence-corrected chi connectivity index (χ4v) is 17.2. The molecule has 0 aliphatic rings. The molecule has 6 heterocycles. The number of carbonyl (C=O) groups is 3. The molecule has 0 aliphatic heterocycles. The Labute approximate surface area is 808 Å². The van der Waals surface area contributed by atoms with Gasteiger partial charge < -0.3 is 89.4 Å². The Hall–Kier alpha value is -8.76. The first-order chi connectivity index (χ1) is 63.5. The highest BCUT2D eigenvalue weighted by atomic mass is 127. The maximum Gasteiger partial charge on any atom is 0.524 e. The van der Waals surface area contributed by atoms with Gasteiger partial charge in [-0.15, -0.1) is 0 Å². The van der Waals surface area contributed by atoms with Crippen LogP contribution < -0.4 is 51.2 Å². The minimum atomic E-state index is -5.00. The predicted molar refractivity (Wildman–Crippen MR) is 532 cm³/mol. The number of imidazole rings is 3. The largest absolute Gasteiger partial charge is 0.524 e. The lowest BCUT2D eigenvalue weighted by Crippen LogP contribution is -2.25. The first kappa shape index (κ1) is 106. The highest BCUT2D eigenvalue weighted by molar-refractivity contribution is 14.1. The van der Waals surface area contributed by atoms with Crippen LogP contribution in [0.2, 0.25) is 0 Å². The van der Waals surface area contributed by atoms with Gasteiger partial charge in [0.15, 0.2) is 17.5 Å². The molecule has 19 N–H and O–H groups in total. The van der Waals surface area contributed by atoms with Crippen LogP contribution >= 0.6 is 99.1 Å². The summed E-state index contributed by atoms with van der Waals surface area (Å²) in [7, 11) is -19.5. The van der Waals surface area contributed by atoms with E-state index in [0.717, 1.165) is 151 Å². The number of nitrogens with zero attached hydrogens (tertiary/aromatic N) is 9. The number of hydrogen-bond acceptors (Lipinski definition) is 25. The topological polar surface area (TPSA) is 593 Å². The average molecular weight is 2260 g/mol. The van der Waals surface area contributed by atoms with Crippen LogP contribution in [0.3, 0.4) is 0 Å². The number of unbranched alkanes of at least 4 members (excludes halogenated alkanes) is 3. The number of alkyl halides is 3. The van der Waals surface area contributed by atoms with E-state index in [-0.39, 0.29) is 89.1 Å². The van der Waals surface area contributed by atoms with Gasteiger partial charge in [0.1, 0.15) is 68.5 Å². The van der Waals surface area contributed by atoms with Crippen LogP contribution in [0, 0.1) is 0 Å². The van der Waals surface area contributed by atoms with Crippen molar-refractivity contribution in [3.8, 4) is 34.5 Å². The molecule has 133 heavy (non-hydrogen) atoms. The zero-order chi connectivity index (χ0) is 96.2. The molecule has 720 valence electrons. The molecular formula is C87H112I3N15O24P4. The summed E-state index contributed by atoms with van der Waals surface area (Å²) in [5.74, 6) is 2.42. The molecule has 0 spiro atoms. The van der Waals surface area contributed by atoms with E-state index in [2.05, 4.69) is 56.9 Å².